The van der Waals surface area contributed by atoms with Crippen molar-refractivity contribution in [2.45, 2.75) is 32.4 Å². The first kappa shape index (κ1) is 13.8. The number of aromatic nitrogens is 3. The van der Waals surface area contributed by atoms with Crippen LogP contribution in [0.4, 0.5) is 0 Å². The third-order valence-electron chi connectivity index (χ3n) is 3.69. The first-order chi connectivity index (χ1) is 10.3. The van der Waals surface area contributed by atoms with Crippen molar-refractivity contribution in [1.29, 1.82) is 0 Å². The molecule has 0 saturated carbocycles. The van der Waals surface area contributed by atoms with Gasteiger partial charge in [0, 0.05) is 13.0 Å². The molecule has 108 valence electrons. The first-order valence-corrected chi connectivity index (χ1v) is 7.32. The average molecular weight is 281 g/mol. The van der Waals surface area contributed by atoms with E-state index in [1.54, 1.807) is 6.33 Å². The van der Waals surface area contributed by atoms with Crippen molar-refractivity contribution in [2.75, 3.05) is 0 Å². The molecule has 4 nitrogen and oxygen atoms in total. The Morgan fingerprint density at radius 2 is 1.95 bits per heavy atom. The number of rotatable bonds is 5. The molecule has 0 aliphatic carbocycles. The SMILES string of the molecule is CCCn1ncnc1CC(O)c1cccc2ccccc12. The van der Waals surface area contributed by atoms with Gasteiger partial charge < -0.3 is 5.11 Å². The molecule has 0 radical (unpaired) electrons. The van der Waals surface area contributed by atoms with E-state index in [0.29, 0.717) is 6.42 Å². The van der Waals surface area contributed by atoms with Crippen molar-refractivity contribution in [3.05, 3.63) is 60.2 Å². The lowest BCUT2D eigenvalue weighted by Gasteiger charge is -2.14. The molecule has 3 rings (SSSR count). The minimum atomic E-state index is -0.573. The molecule has 1 N–H and O–H groups in total. The van der Waals surface area contributed by atoms with E-state index in [9.17, 15) is 5.11 Å². The highest BCUT2D eigenvalue weighted by Gasteiger charge is 2.15. The number of hydrogen-bond acceptors (Lipinski definition) is 3. The van der Waals surface area contributed by atoms with Crippen LogP contribution in [-0.2, 0) is 13.0 Å². The second-order valence-corrected chi connectivity index (χ2v) is 5.19. The molecule has 4 heteroatoms. The van der Waals surface area contributed by atoms with E-state index in [1.165, 1.54) is 0 Å². The summed E-state index contributed by atoms with van der Waals surface area (Å²) in [7, 11) is 0. The van der Waals surface area contributed by atoms with Crippen molar-refractivity contribution in [2.24, 2.45) is 0 Å². The van der Waals surface area contributed by atoms with Gasteiger partial charge in [-0.2, -0.15) is 5.10 Å². The summed E-state index contributed by atoms with van der Waals surface area (Å²) < 4.78 is 1.87. The normalized spacial score (nSPS) is 12.7. The molecule has 0 aliphatic heterocycles. The molecular formula is C17H19N3O. The van der Waals surface area contributed by atoms with Crippen LogP contribution < -0.4 is 0 Å². The molecule has 0 aliphatic rings. The van der Waals surface area contributed by atoms with Crippen LogP contribution in [-0.4, -0.2) is 19.9 Å². The number of aliphatic hydroxyl groups is 1. The monoisotopic (exact) mass is 281 g/mol. The van der Waals surface area contributed by atoms with Crippen LogP contribution in [0.2, 0.25) is 0 Å². The second-order valence-electron chi connectivity index (χ2n) is 5.19. The molecule has 0 amide bonds. The van der Waals surface area contributed by atoms with Crippen LogP contribution in [0.3, 0.4) is 0 Å². The van der Waals surface area contributed by atoms with E-state index in [0.717, 1.165) is 35.1 Å². The second kappa shape index (κ2) is 6.06. The number of benzene rings is 2. The standard InChI is InChI=1S/C17H19N3O/c1-2-10-20-17(18-12-19-20)11-16(21)15-9-5-7-13-6-3-4-8-14(13)15/h3-9,12,16,21H,2,10-11H2,1H3. The van der Waals surface area contributed by atoms with Gasteiger partial charge in [-0.15, -0.1) is 0 Å². The molecule has 1 atom stereocenters. The van der Waals surface area contributed by atoms with Crippen LogP contribution in [0.1, 0.15) is 30.8 Å². The predicted octanol–water partition coefficient (Wildman–Crippen LogP) is 3.12. The Morgan fingerprint density at radius 1 is 1.14 bits per heavy atom. The molecule has 1 heterocycles. The van der Waals surface area contributed by atoms with Crippen LogP contribution >= 0.6 is 0 Å². The number of fused-ring (bicyclic) bond motifs is 1. The third kappa shape index (κ3) is 2.81. The molecule has 0 fully saturated rings. The van der Waals surface area contributed by atoms with Crippen molar-refractivity contribution in [1.82, 2.24) is 14.8 Å². The van der Waals surface area contributed by atoms with E-state index in [1.807, 2.05) is 35.0 Å². The lowest BCUT2D eigenvalue weighted by Crippen LogP contribution is -2.10. The van der Waals surface area contributed by atoms with Gasteiger partial charge in [0.25, 0.3) is 0 Å². The van der Waals surface area contributed by atoms with Crippen LogP contribution in [0.15, 0.2) is 48.8 Å². The largest absolute Gasteiger partial charge is 0.388 e. The van der Waals surface area contributed by atoms with Crippen LogP contribution in [0, 0.1) is 0 Å². The average Bonchev–Trinajstić information content (AvgIpc) is 2.94. The molecular weight excluding hydrogens is 262 g/mol. The van der Waals surface area contributed by atoms with Gasteiger partial charge in [-0.25, -0.2) is 4.98 Å². The zero-order valence-electron chi connectivity index (χ0n) is 12.1. The maximum Gasteiger partial charge on any atom is 0.138 e. The zero-order valence-corrected chi connectivity index (χ0v) is 12.1. The van der Waals surface area contributed by atoms with Gasteiger partial charge in [-0.3, -0.25) is 4.68 Å². The van der Waals surface area contributed by atoms with E-state index >= 15 is 0 Å². The highest BCUT2D eigenvalue weighted by Crippen LogP contribution is 2.26. The minimum Gasteiger partial charge on any atom is -0.388 e. The molecule has 0 spiro atoms. The van der Waals surface area contributed by atoms with Crippen molar-refractivity contribution >= 4 is 10.8 Å². The van der Waals surface area contributed by atoms with Crippen molar-refractivity contribution in [3.63, 3.8) is 0 Å². The van der Waals surface area contributed by atoms with Crippen molar-refractivity contribution < 1.29 is 5.11 Å². The maximum atomic E-state index is 10.6. The summed E-state index contributed by atoms with van der Waals surface area (Å²) in [6.45, 7) is 2.93. The van der Waals surface area contributed by atoms with Gasteiger partial charge in [0.1, 0.15) is 12.2 Å². The zero-order chi connectivity index (χ0) is 14.7. The summed E-state index contributed by atoms with van der Waals surface area (Å²) in [5, 5.41) is 17.0. The Labute approximate surface area is 124 Å². The fourth-order valence-electron chi connectivity index (χ4n) is 2.67. The van der Waals surface area contributed by atoms with E-state index < -0.39 is 6.10 Å². The summed E-state index contributed by atoms with van der Waals surface area (Å²) in [5.41, 5.74) is 0.944. The van der Waals surface area contributed by atoms with Crippen molar-refractivity contribution in [3.8, 4) is 0 Å². The van der Waals surface area contributed by atoms with E-state index in [4.69, 9.17) is 0 Å². The van der Waals surface area contributed by atoms with Gasteiger partial charge in [-0.05, 0) is 22.8 Å². The maximum absolute atomic E-state index is 10.6. The Hall–Kier alpha value is -2.20. The van der Waals surface area contributed by atoms with E-state index in [2.05, 4.69) is 29.1 Å². The Kier molecular flexibility index (Phi) is 3.97. The fourth-order valence-corrected chi connectivity index (χ4v) is 2.67. The lowest BCUT2D eigenvalue weighted by molar-refractivity contribution is 0.175. The summed E-state index contributed by atoms with van der Waals surface area (Å²) >= 11 is 0. The van der Waals surface area contributed by atoms with Gasteiger partial charge in [0.2, 0.25) is 0 Å². The summed E-state index contributed by atoms with van der Waals surface area (Å²) in [4.78, 5) is 4.27. The molecule has 1 aromatic heterocycles. The lowest BCUT2D eigenvalue weighted by atomic mass is 9.98. The molecule has 3 aromatic rings. The highest BCUT2D eigenvalue weighted by molar-refractivity contribution is 5.85. The molecule has 21 heavy (non-hydrogen) atoms. The van der Waals surface area contributed by atoms with Crippen LogP contribution in [0.5, 0.6) is 0 Å². The van der Waals surface area contributed by atoms with Gasteiger partial charge in [0.05, 0.1) is 6.10 Å². The fraction of sp³-hybridized carbons (Fsp3) is 0.294. The number of aryl methyl sites for hydroxylation is 1. The Morgan fingerprint density at radius 3 is 2.81 bits per heavy atom. The molecule has 0 bridgehead atoms. The number of hydrogen-bond donors (Lipinski definition) is 1. The number of nitrogens with zero attached hydrogens (tertiary/aromatic N) is 3. The van der Waals surface area contributed by atoms with Gasteiger partial charge in [-0.1, -0.05) is 49.4 Å². The first-order valence-electron chi connectivity index (χ1n) is 7.32. The quantitative estimate of drug-likeness (QED) is 0.781. The van der Waals surface area contributed by atoms with Gasteiger partial charge in [0.15, 0.2) is 0 Å². The molecule has 0 saturated heterocycles. The van der Waals surface area contributed by atoms with Crippen LogP contribution in [0.25, 0.3) is 10.8 Å². The highest BCUT2D eigenvalue weighted by atomic mass is 16.3. The minimum absolute atomic E-state index is 0.480. The Balaban J connectivity index is 1.90. The molecule has 1 unspecified atom stereocenters. The summed E-state index contributed by atoms with van der Waals surface area (Å²) in [5.74, 6) is 0.831. The number of aliphatic hydroxyl groups excluding tert-OH is 1. The van der Waals surface area contributed by atoms with Gasteiger partial charge >= 0.3 is 0 Å². The molecule has 2 aromatic carbocycles. The third-order valence-corrected chi connectivity index (χ3v) is 3.69. The summed E-state index contributed by atoms with van der Waals surface area (Å²) in [6, 6.07) is 14.1. The Bertz CT molecular complexity index is 730. The van der Waals surface area contributed by atoms with E-state index in [-0.39, 0.29) is 0 Å². The topological polar surface area (TPSA) is 50.9 Å². The smallest absolute Gasteiger partial charge is 0.138 e. The predicted molar refractivity (Wildman–Crippen MR) is 82.9 cm³/mol. The summed E-state index contributed by atoms with van der Waals surface area (Å²) in [6.07, 6.45) is 2.46.